The minimum Gasteiger partial charge on any atom is -0.355 e. The molecule has 0 bridgehead atoms. The van der Waals surface area contributed by atoms with Crippen molar-refractivity contribution >= 4 is 18.3 Å². The van der Waals surface area contributed by atoms with Gasteiger partial charge in [0.2, 0.25) is 5.91 Å². The van der Waals surface area contributed by atoms with Gasteiger partial charge in [0.25, 0.3) is 0 Å². The van der Waals surface area contributed by atoms with Crippen molar-refractivity contribution in [1.82, 2.24) is 10.6 Å². The summed E-state index contributed by atoms with van der Waals surface area (Å²) in [6.07, 6.45) is 2.96. The molecule has 2 N–H and O–H groups in total. The van der Waals surface area contributed by atoms with Crippen molar-refractivity contribution in [1.29, 1.82) is 0 Å². The Kier molecular flexibility index (Phi) is 7.91. The van der Waals surface area contributed by atoms with Crippen LogP contribution in [0.1, 0.15) is 63.0 Å². The fourth-order valence-corrected chi connectivity index (χ4v) is 2.85. The lowest BCUT2D eigenvalue weighted by atomic mass is 9.94. The van der Waals surface area contributed by atoms with E-state index >= 15 is 0 Å². The Hall–Kier alpha value is -1.06. The molecule has 1 aliphatic rings. The van der Waals surface area contributed by atoms with Gasteiger partial charge in [0.1, 0.15) is 0 Å². The lowest BCUT2D eigenvalue weighted by Crippen LogP contribution is -2.37. The van der Waals surface area contributed by atoms with Crippen molar-refractivity contribution in [3.8, 4) is 0 Å². The molecule has 2 unspecified atom stereocenters. The highest BCUT2D eigenvalue weighted by Crippen LogP contribution is 2.22. The molecule has 1 saturated heterocycles. The normalized spacial score (nSPS) is 18.8. The first-order chi connectivity index (χ1) is 10.1. The summed E-state index contributed by atoms with van der Waals surface area (Å²) in [4.78, 5) is 12.0. The molecule has 0 spiro atoms. The van der Waals surface area contributed by atoms with Crippen LogP contribution in [0, 0.1) is 0 Å². The van der Waals surface area contributed by atoms with Crippen LogP contribution in [-0.4, -0.2) is 25.0 Å². The predicted octanol–water partition coefficient (Wildman–Crippen LogP) is 3.59. The third-order valence-electron chi connectivity index (χ3n) is 4.37. The summed E-state index contributed by atoms with van der Waals surface area (Å²) in [6, 6.07) is 9.14. The van der Waals surface area contributed by atoms with Gasteiger partial charge in [-0.05, 0) is 42.3 Å². The zero-order valence-corrected chi connectivity index (χ0v) is 14.7. The highest BCUT2D eigenvalue weighted by molar-refractivity contribution is 5.85. The number of rotatable bonds is 6. The van der Waals surface area contributed by atoms with E-state index in [2.05, 4.69) is 55.7 Å². The molecule has 2 atom stereocenters. The van der Waals surface area contributed by atoms with Crippen molar-refractivity contribution in [2.45, 2.75) is 57.9 Å². The van der Waals surface area contributed by atoms with E-state index in [1.165, 1.54) is 24.0 Å². The minimum absolute atomic E-state index is 0. The molecule has 1 fully saturated rings. The van der Waals surface area contributed by atoms with Crippen LogP contribution < -0.4 is 10.6 Å². The standard InChI is InChI=1S/C18H28N2O.ClH/c1-13(2)15-6-8-16(9-7-15)14(3)11-18(21)20-12-17-5-4-10-19-17;/h6-9,13-14,17,19H,4-5,10-12H2,1-3H3,(H,20,21);1H. The summed E-state index contributed by atoms with van der Waals surface area (Å²) in [5.41, 5.74) is 2.59. The summed E-state index contributed by atoms with van der Waals surface area (Å²) < 4.78 is 0. The third kappa shape index (κ3) is 5.62. The molecule has 4 heteroatoms. The van der Waals surface area contributed by atoms with Gasteiger partial charge in [-0.1, -0.05) is 45.0 Å². The SMILES string of the molecule is CC(C)c1ccc(C(C)CC(=O)NCC2CCCN2)cc1.Cl. The van der Waals surface area contributed by atoms with Crippen LogP contribution in [0.3, 0.4) is 0 Å². The highest BCUT2D eigenvalue weighted by Gasteiger charge is 2.16. The predicted molar refractivity (Wildman–Crippen MR) is 94.8 cm³/mol. The lowest BCUT2D eigenvalue weighted by molar-refractivity contribution is -0.121. The van der Waals surface area contributed by atoms with Gasteiger partial charge in [-0.2, -0.15) is 0 Å². The van der Waals surface area contributed by atoms with E-state index in [4.69, 9.17) is 0 Å². The molecule has 1 heterocycles. The summed E-state index contributed by atoms with van der Waals surface area (Å²) in [6.45, 7) is 8.36. The molecule has 2 rings (SSSR count). The van der Waals surface area contributed by atoms with Gasteiger partial charge >= 0.3 is 0 Å². The Labute approximate surface area is 140 Å². The van der Waals surface area contributed by atoms with Crippen LogP contribution in [-0.2, 0) is 4.79 Å². The lowest BCUT2D eigenvalue weighted by Gasteiger charge is -2.15. The van der Waals surface area contributed by atoms with Crippen LogP contribution in [0.4, 0.5) is 0 Å². The molecular formula is C18H29ClN2O. The zero-order valence-electron chi connectivity index (χ0n) is 13.9. The van der Waals surface area contributed by atoms with Crippen molar-refractivity contribution in [2.24, 2.45) is 0 Å². The average Bonchev–Trinajstić information content (AvgIpc) is 2.98. The quantitative estimate of drug-likeness (QED) is 0.839. The first-order valence-corrected chi connectivity index (χ1v) is 8.16. The van der Waals surface area contributed by atoms with Gasteiger partial charge in [0.15, 0.2) is 0 Å². The Balaban J connectivity index is 0.00000242. The molecule has 3 nitrogen and oxygen atoms in total. The fourth-order valence-electron chi connectivity index (χ4n) is 2.85. The molecule has 0 saturated carbocycles. The maximum atomic E-state index is 12.0. The highest BCUT2D eigenvalue weighted by atomic mass is 35.5. The number of benzene rings is 1. The number of hydrogen-bond donors (Lipinski definition) is 2. The van der Waals surface area contributed by atoms with Crippen molar-refractivity contribution < 1.29 is 4.79 Å². The number of hydrogen-bond acceptors (Lipinski definition) is 2. The van der Waals surface area contributed by atoms with E-state index in [-0.39, 0.29) is 24.2 Å². The summed E-state index contributed by atoms with van der Waals surface area (Å²) in [5, 5.41) is 6.45. The average molecular weight is 325 g/mol. The van der Waals surface area contributed by atoms with Crippen LogP contribution in [0.15, 0.2) is 24.3 Å². The van der Waals surface area contributed by atoms with Crippen molar-refractivity contribution in [3.05, 3.63) is 35.4 Å². The maximum Gasteiger partial charge on any atom is 0.220 e. The molecule has 0 radical (unpaired) electrons. The van der Waals surface area contributed by atoms with Crippen LogP contribution in [0.25, 0.3) is 0 Å². The molecule has 1 aliphatic heterocycles. The molecule has 124 valence electrons. The maximum absolute atomic E-state index is 12.0. The largest absolute Gasteiger partial charge is 0.355 e. The Morgan fingerprint density at radius 1 is 1.23 bits per heavy atom. The van der Waals surface area contributed by atoms with E-state index in [1.807, 2.05) is 0 Å². The monoisotopic (exact) mass is 324 g/mol. The van der Waals surface area contributed by atoms with Crippen LogP contribution in [0.2, 0.25) is 0 Å². The Morgan fingerprint density at radius 2 is 1.86 bits per heavy atom. The van der Waals surface area contributed by atoms with Gasteiger partial charge in [-0.15, -0.1) is 12.4 Å². The van der Waals surface area contributed by atoms with Crippen molar-refractivity contribution in [2.75, 3.05) is 13.1 Å². The number of carbonyl (C=O) groups is 1. The number of nitrogens with one attached hydrogen (secondary N) is 2. The second kappa shape index (κ2) is 9.16. The van der Waals surface area contributed by atoms with Crippen molar-refractivity contribution in [3.63, 3.8) is 0 Å². The summed E-state index contributed by atoms with van der Waals surface area (Å²) in [7, 11) is 0. The third-order valence-corrected chi connectivity index (χ3v) is 4.37. The Bertz CT molecular complexity index is 453. The smallest absolute Gasteiger partial charge is 0.220 e. The number of carbonyl (C=O) groups excluding carboxylic acids is 1. The molecule has 1 aromatic rings. The van der Waals surface area contributed by atoms with E-state index in [9.17, 15) is 4.79 Å². The minimum atomic E-state index is 0. The van der Waals surface area contributed by atoms with E-state index in [0.717, 1.165) is 13.1 Å². The first-order valence-electron chi connectivity index (χ1n) is 8.16. The topological polar surface area (TPSA) is 41.1 Å². The summed E-state index contributed by atoms with van der Waals surface area (Å²) in [5.74, 6) is 0.975. The zero-order chi connectivity index (χ0) is 15.2. The second-order valence-electron chi connectivity index (χ2n) is 6.52. The molecule has 22 heavy (non-hydrogen) atoms. The molecule has 0 aliphatic carbocycles. The van der Waals surface area contributed by atoms with E-state index in [1.54, 1.807) is 0 Å². The Morgan fingerprint density at radius 3 is 2.41 bits per heavy atom. The van der Waals surface area contributed by atoms with Crippen LogP contribution in [0.5, 0.6) is 0 Å². The van der Waals surface area contributed by atoms with Gasteiger partial charge in [0, 0.05) is 19.0 Å². The second-order valence-corrected chi connectivity index (χ2v) is 6.52. The molecule has 1 amide bonds. The summed E-state index contributed by atoms with van der Waals surface area (Å²) >= 11 is 0. The van der Waals surface area contributed by atoms with Gasteiger partial charge in [-0.25, -0.2) is 0 Å². The van der Waals surface area contributed by atoms with E-state index in [0.29, 0.717) is 18.4 Å². The molecule has 0 aromatic heterocycles. The van der Waals surface area contributed by atoms with Gasteiger partial charge < -0.3 is 10.6 Å². The van der Waals surface area contributed by atoms with Gasteiger partial charge in [0.05, 0.1) is 0 Å². The number of halogens is 1. The molecule has 1 aromatic carbocycles. The molecular weight excluding hydrogens is 296 g/mol. The fraction of sp³-hybridized carbons (Fsp3) is 0.611. The van der Waals surface area contributed by atoms with Crippen LogP contribution >= 0.6 is 12.4 Å². The first kappa shape index (κ1) is 19.0. The van der Waals surface area contributed by atoms with Gasteiger partial charge in [-0.3, -0.25) is 4.79 Å². The van der Waals surface area contributed by atoms with E-state index < -0.39 is 0 Å². The number of amides is 1.